The van der Waals surface area contributed by atoms with Gasteiger partial charge >= 0.3 is 17.9 Å². The summed E-state index contributed by atoms with van der Waals surface area (Å²) in [5.74, 6) is 17.5. The van der Waals surface area contributed by atoms with E-state index in [-0.39, 0.29) is 81.6 Å². The number of nitrogens with zero attached hydrogens (tertiary/aromatic N) is 6. The molecule has 0 saturated carbocycles. The van der Waals surface area contributed by atoms with E-state index in [0.717, 1.165) is 63.0 Å². The average molecular weight is 1690 g/mol. The number of amides is 3. The number of hydrogen-bond donors (Lipinski definition) is 3. The van der Waals surface area contributed by atoms with Crippen molar-refractivity contribution in [2.24, 2.45) is 17.2 Å². The number of furan rings is 4. The largest absolute Gasteiger partial charge is 0.468 e. The third-order valence-corrected chi connectivity index (χ3v) is 26.9. The molecule has 28 heteroatoms. The Bertz CT molecular complexity index is 6280. The van der Waals surface area contributed by atoms with Crippen LogP contribution >= 0.6 is 0 Å². The monoisotopic (exact) mass is 1690 g/mol. The Balaban J connectivity index is 0.000000144. The van der Waals surface area contributed by atoms with Gasteiger partial charge in [-0.15, -0.1) is 0 Å². The first-order chi connectivity index (χ1) is 59.5. The number of carbonyl (C=O) groups is 6. The first-order valence-electron chi connectivity index (χ1n) is 40.1. The number of carbonyl (C=O) groups excluding carboxylic acids is 6. The smallest absolute Gasteiger partial charge is 0.374 e. The minimum atomic E-state index is -4.14. The topological polar surface area (TPSA) is 348 Å². The first-order valence-corrected chi connectivity index (χ1v) is 43.0. The number of ether oxygens (including phenoxy) is 3. The number of nitrogens with two attached hydrogens (primary N) is 3. The lowest BCUT2D eigenvalue weighted by atomic mass is 9.74. The van der Waals surface area contributed by atoms with Crippen molar-refractivity contribution in [1.82, 2.24) is 14.7 Å². The van der Waals surface area contributed by atoms with Crippen LogP contribution in [0.3, 0.4) is 0 Å². The first kappa shape index (κ1) is 84.4. The quantitative estimate of drug-likeness (QED) is 0.0517. The van der Waals surface area contributed by atoms with Crippen molar-refractivity contribution in [1.29, 1.82) is 0 Å². The van der Waals surface area contributed by atoms with Crippen LogP contribution in [0.1, 0.15) is 158 Å². The summed E-state index contributed by atoms with van der Waals surface area (Å²) in [6.45, 7) is 5.21. The van der Waals surface area contributed by atoms with E-state index >= 15 is 0 Å². The molecule has 123 heavy (non-hydrogen) atoms. The fourth-order valence-corrected chi connectivity index (χ4v) is 19.9. The van der Waals surface area contributed by atoms with Gasteiger partial charge in [0.05, 0.1) is 43.2 Å². The summed E-state index contributed by atoms with van der Waals surface area (Å²) >= 11 is 0. The van der Waals surface area contributed by atoms with Crippen molar-refractivity contribution in [3.63, 3.8) is 0 Å². The van der Waals surface area contributed by atoms with Crippen molar-refractivity contribution in [3.05, 3.63) is 314 Å². The number of sulfonamides is 2. The van der Waals surface area contributed by atoms with Gasteiger partial charge < -0.3 is 68.7 Å². The van der Waals surface area contributed by atoms with E-state index in [1.165, 1.54) is 71.9 Å². The Morgan fingerprint density at radius 2 is 0.748 bits per heavy atom. The molecule has 0 aliphatic carbocycles. The molecule has 6 aliphatic rings. The van der Waals surface area contributed by atoms with Crippen LogP contribution in [-0.2, 0) is 74.9 Å². The molecule has 17 rings (SSSR count). The highest BCUT2D eigenvalue weighted by Crippen LogP contribution is 2.52. The van der Waals surface area contributed by atoms with E-state index in [9.17, 15) is 45.6 Å². The highest BCUT2D eigenvalue weighted by Gasteiger charge is 2.52. The Labute approximate surface area is 712 Å². The number of rotatable bonds is 14. The molecule has 3 saturated heterocycles. The zero-order valence-electron chi connectivity index (χ0n) is 67.9. The van der Waals surface area contributed by atoms with Crippen LogP contribution in [0.2, 0.25) is 0 Å². The predicted molar refractivity (Wildman–Crippen MR) is 458 cm³/mol. The summed E-state index contributed by atoms with van der Waals surface area (Å²) in [7, 11) is -4.32. The van der Waals surface area contributed by atoms with Crippen LogP contribution in [0.25, 0.3) is 0 Å². The highest BCUT2D eigenvalue weighted by atomic mass is 32.2. The van der Waals surface area contributed by atoms with Gasteiger partial charge in [0.25, 0.3) is 37.8 Å². The molecular formula is C95H89N9O17S2. The average Bonchev–Trinajstić information content (AvgIpc) is 1.82. The number of methoxy groups -OCH3 is 3. The maximum Gasteiger partial charge on any atom is 0.374 e. The standard InChI is InChI=1S/C34H31N3O6S.C32H29N3O7S.C29H29N3O4/c1-42-33(39)26-8-5-9-28(21-26)44(40,41)37-23-34(29-20-25(22-35)11-14-30(29)37)16-18-36(19-17-34)32(38)31-15-13-27(43-31)12-10-24-6-3-2-4-7-24;1-40-31(37)28-13-14-29(42-28)43(38,39)35-21-32(25-19-23(20-33)8-11-26(25)35)15-17-34(18-16-32)30(36)27-12-10-24(41-27)9-7-22-5-3-2-4-6-22;1-35-27(33)19-32-20-29(24-17-22(18-30)8-11-25(24)32)13-15-31(16-14-29)28(34)26-12-10-23(36-26)9-7-21-5-3-2-4-6-21/h2-9,11,13-15,20-21H,16-19,22-23,35H2,1H3;2-6,8,10-14,19H,15-18,20-21,33H2,1H3;2-6,8,10-12,17H,13-16,18-20,30H2,1H3. The van der Waals surface area contributed by atoms with Crippen molar-refractivity contribution < 1.29 is 77.5 Å². The van der Waals surface area contributed by atoms with Crippen LogP contribution in [0.4, 0.5) is 17.1 Å². The lowest BCUT2D eigenvalue weighted by Gasteiger charge is -2.39. The van der Waals surface area contributed by atoms with Gasteiger partial charge in [0.15, 0.2) is 34.6 Å². The number of benzene rings is 7. The fourth-order valence-electron chi connectivity index (χ4n) is 16.8. The van der Waals surface area contributed by atoms with Gasteiger partial charge in [-0.3, -0.25) is 27.8 Å². The SMILES string of the molecule is COC(=O)CN1CC2(CCN(C(=O)c3ccc(C#Cc4ccccc4)o3)CC2)c2cc(CN)ccc21.COC(=O)c1ccc(S(=O)(=O)N2CC3(CCN(C(=O)c4ccc(C#Cc5ccccc5)o4)CC3)c3cc(CN)ccc32)o1.COC(=O)c1cccc(S(=O)(=O)N2CC3(CCN(C(=O)c4ccc(C#Cc5ccccc5)o4)CC3)c3cc(CN)ccc32)c1. The van der Waals surface area contributed by atoms with E-state index in [1.807, 2.05) is 126 Å². The molecule has 0 radical (unpaired) electrons. The molecule has 11 aromatic rings. The third kappa shape index (κ3) is 17.7. The Hall–Kier alpha value is -13.7. The second-order valence-electron chi connectivity index (χ2n) is 30.8. The molecule has 6 N–H and O–H groups in total. The van der Waals surface area contributed by atoms with Crippen LogP contribution in [0, 0.1) is 35.5 Å². The predicted octanol–water partition coefficient (Wildman–Crippen LogP) is 11.5. The lowest BCUT2D eigenvalue weighted by molar-refractivity contribution is -0.139. The van der Waals surface area contributed by atoms with Gasteiger partial charge in [-0.05, 0) is 211 Å². The number of anilines is 3. The molecular weight excluding hydrogens is 1600 g/mol. The molecule has 10 heterocycles. The molecule has 0 bridgehead atoms. The van der Waals surface area contributed by atoms with Crippen molar-refractivity contribution in [3.8, 4) is 35.5 Å². The zero-order valence-corrected chi connectivity index (χ0v) is 69.5. The Morgan fingerprint density at radius 1 is 0.374 bits per heavy atom. The zero-order chi connectivity index (χ0) is 86.2. The molecule has 3 spiro atoms. The number of hydrogen-bond acceptors (Lipinski definition) is 21. The number of fused-ring (bicyclic) bond motifs is 6. The second-order valence-corrected chi connectivity index (χ2v) is 34.5. The van der Waals surface area contributed by atoms with Crippen LogP contribution in [0.15, 0.2) is 246 Å². The van der Waals surface area contributed by atoms with E-state index in [2.05, 4.69) is 51.2 Å². The molecule has 3 fully saturated rings. The molecule has 4 aromatic heterocycles. The van der Waals surface area contributed by atoms with Crippen LogP contribution < -0.4 is 30.7 Å². The number of likely N-dealkylation sites (tertiary alicyclic amines) is 3. The molecule has 6 aliphatic heterocycles. The van der Waals surface area contributed by atoms with Gasteiger partial charge in [-0.25, -0.2) is 18.0 Å². The van der Waals surface area contributed by atoms with E-state index in [1.54, 1.807) is 64.4 Å². The highest BCUT2D eigenvalue weighted by molar-refractivity contribution is 7.93. The lowest BCUT2D eigenvalue weighted by Crippen LogP contribution is -2.47. The fraction of sp³-hybridized carbons (Fsp3) is 0.263. The van der Waals surface area contributed by atoms with Gasteiger partial charge in [-0.1, -0.05) is 115 Å². The van der Waals surface area contributed by atoms with Gasteiger partial charge in [0.2, 0.25) is 10.9 Å². The normalized spacial score (nSPS) is 15.6. The van der Waals surface area contributed by atoms with Crippen molar-refractivity contribution in [2.75, 3.05) is 100 Å². The minimum absolute atomic E-state index is 0.00269. The molecule has 3 amide bonds. The van der Waals surface area contributed by atoms with E-state index < -0.39 is 42.8 Å². The summed E-state index contributed by atoms with van der Waals surface area (Å²) in [5, 5.41) is -0.351. The van der Waals surface area contributed by atoms with Crippen molar-refractivity contribution in [2.45, 2.75) is 84.4 Å². The maximum absolute atomic E-state index is 14.0. The molecule has 628 valence electrons. The van der Waals surface area contributed by atoms with E-state index in [4.69, 9.17) is 44.3 Å². The molecule has 0 atom stereocenters. The van der Waals surface area contributed by atoms with Gasteiger partial charge in [0.1, 0.15) is 6.54 Å². The summed E-state index contributed by atoms with van der Waals surface area (Å²) in [6.07, 6.45) is 3.74. The minimum Gasteiger partial charge on any atom is -0.468 e. The number of piperidine rings is 3. The second kappa shape index (κ2) is 36.0. The molecule has 7 aromatic carbocycles. The summed E-state index contributed by atoms with van der Waals surface area (Å²) in [6, 6.07) is 64.5. The van der Waals surface area contributed by atoms with Crippen LogP contribution in [0.5, 0.6) is 0 Å². The van der Waals surface area contributed by atoms with Crippen molar-refractivity contribution >= 4 is 72.7 Å². The Kier molecular flexibility index (Phi) is 24.7. The van der Waals surface area contributed by atoms with Gasteiger partial charge in [0, 0.05) is 117 Å². The summed E-state index contributed by atoms with van der Waals surface area (Å²) in [4.78, 5) is 83.3. The number of esters is 3. The molecule has 0 unspecified atom stereocenters. The maximum atomic E-state index is 14.0. The Morgan fingerprint density at radius 3 is 1.14 bits per heavy atom. The van der Waals surface area contributed by atoms with Crippen LogP contribution in [-0.4, -0.2) is 154 Å². The summed E-state index contributed by atoms with van der Waals surface area (Å²) in [5.41, 5.74) is 27.3. The van der Waals surface area contributed by atoms with E-state index in [0.29, 0.717) is 126 Å². The van der Waals surface area contributed by atoms with Gasteiger partial charge in [-0.2, -0.15) is 8.42 Å². The molecule has 26 nitrogen and oxygen atoms in total. The third-order valence-electron chi connectivity index (χ3n) is 23.6. The summed E-state index contributed by atoms with van der Waals surface area (Å²) < 4.78 is 95.3.